The van der Waals surface area contributed by atoms with Crippen LogP contribution in [0.25, 0.3) is 0 Å². The maximum absolute atomic E-state index is 10.5. The van der Waals surface area contributed by atoms with Crippen LogP contribution >= 0.6 is 0 Å². The molecule has 2 unspecified atom stereocenters. The van der Waals surface area contributed by atoms with E-state index in [1.165, 1.54) is 12.1 Å². The van der Waals surface area contributed by atoms with Crippen molar-refractivity contribution in [3.8, 4) is 11.5 Å². The average molecular weight is 593 g/mol. The molecule has 3 aromatic carbocycles. The third-order valence-corrected chi connectivity index (χ3v) is 5.58. The molecule has 11 heteroatoms. The molecule has 0 amide bonds. The Kier molecular flexibility index (Phi) is 21.3. The van der Waals surface area contributed by atoms with Gasteiger partial charge in [0.05, 0.1) is 38.4 Å². The molecule has 0 aliphatic carbocycles. The lowest BCUT2D eigenvalue weighted by atomic mass is 10.2. The van der Waals surface area contributed by atoms with E-state index < -0.39 is 10.1 Å². The van der Waals surface area contributed by atoms with Gasteiger partial charge >= 0.3 is 0 Å². The highest BCUT2D eigenvalue weighted by molar-refractivity contribution is 7.85. The molecule has 0 aromatic heterocycles. The van der Waals surface area contributed by atoms with E-state index in [0.29, 0.717) is 5.56 Å². The minimum atomic E-state index is -4.02. The van der Waals surface area contributed by atoms with Crippen LogP contribution in [-0.4, -0.2) is 75.2 Å². The van der Waals surface area contributed by atoms with E-state index in [2.05, 4.69) is 4.99 Å². The Morgan fingerprint density at radius 2 is 1.24 bits per heavy atom. The van der Waals surface area contributed by atoms with Gasteiger partial charge in [0, 0.05) is 17.8 Å². The average Bonchev–Trinajstić information content (AvgIpc) is 2.96. The number of hydrogen-bond acceptors (Lipinski definition) is 9. The molecule has 3 rings (SSSR count). The fraction of sp³-hybridized carbons (Fsp3) is 0.333. The number of carbonyl (C=O) groups excluding carboxylic acids is 1. The summed E-state index contributed by atoms with van der Waals surface area (Å²) in [6, 6.07) is 20.4. The monoisotopic (exact) mass is 592 g/mol. The van der Waals surface area contributed by atoms with Crippen molar-refractivity contribution in [2.24, 2.45) is 10.7 Å². The molecule has 41 heavy (non-hydrogen) atoms. The summed E-state index contributed by atoms with van der Waals surface area (Å²) < 4.78 is 39.5. The maximum Gasteiger partial charge on any atom is 0.294 e. The van der Waals surface area contributed by atoms with Crippen molar-refractivity contribution in [2.75, 3.05) is 27.4 Å². The molecular formula is C30H44N2O8S. The second-order valence-corrected chi connectivity index (χ2v) is 9.84. The molecule has 0 saturated carbocycles. The highest BCUT2D eigenvalue weighted by Gasteiger charge is 2.06. The van der Waals surface area contributed by atoms with Crippen molar-refractivity contribution < 1.29 is 37.5 Å². The summed E-state index contributed by atoms with van der Waals surface area (Å²) in [6.45, 7) is 5.61. The number of ether oxygens (including phenoxy) is 2. The first-order chi connectivity index (χ1) is 18.9. The van der Waals surface area contributed by atoms with Crippen molar-refractivity contribution in [2.45, 2.75) is 45.2 Å². The molecule has 0 spiro atoms. The lowest BCUT2D eigenvalue weighted by Crippen LogP contribution is -2.18. The number of nitrogens with zero attached hydrogens (tertiary/aromatic N) is 1. The molecule has 0 saturated heterocycles. The molecule has 0 aliphatic rings. The van der Waals surface area contributed by atoms with Gasteiger partial charge < -0.3 is 25.4 Å². The van der Waals surface area contributed by atoms with Gasteiger partial charge in [-0.25, -0.2) is 0 Å². The van der Waals surface area contributed by atoms with E-state index in [4.69, 9.17) is 30.0 Å². The number of aliphatic hydroxyl groups excluding tert-OH is 2. The second kappa shape index (κ2) is 22.1. The Balaban J connectivity index is 0. The number of hydrogen-bond donors (Lipinski definition) is 4. The number of aliphatic hydroxyl groups is 2. The molecule has 10 nitrogen and oxygen atoms in total. The Morgan fingerprint density at radius 3 is 1.56 bits per heavy atom. The summed E-state index contributed by atoms with van der Waals surface area (Å²) in [5, 5.41) is 16.8. The molecule has 0 bridgehead atoms. The van der Waals surface area contributed by atoms with Crippen molar-refractivity contribution in [3.05, 3.63) is 89.5 Å². The summed E-state index contributed by atoms with van der Waals surface area (Å²) in [5.74, 6) is 1.60. The van der Waals surface area contributed by atoms with Crippen LogP contribution in [0.4, 0.5) is 0 Å². The first kappa shape index (κ1) is 39.5. The van der Waals surface area contributed by atoms with Gasteiger partial charge in [-0.1, -0.05) is 25.1 Å². The number of rotatable bonds is 8. The number of nitrogens with two attached hydrogens (primary N) is 1. The predicted octanol–water partition coefficient (Wildman–Crippen LogP) is 4.21. The summed E-state index contributed by atoms with van der Waals surface area (Å²) in [5.41, 5.74) is 7.67. The molecule has 0 heterocycles. The molecule has 3 aromatic rings. The smallest absolute Gasteiger partial charge is 0.294 e. The third kappa shape index (κ3) is 19.2. The fourth-order valence-corrected chi connectivity index (χ4v) is 2.82. The minimum Gasteiger partial charge on any atom is -0.497 e. The van der Waals surface area contributed by atoms with Crippen molar-refractivity contribution in [1.82, 2.24) is 0 Å². The summed E-state index contributed by atoms with van der Waals surface area (Å²) >= 11 is 0. The van der Waals surface area contributed by atoms with E-state index >= 15 is 0 Å². The molecule has 228 valence electrons. The highest BCUT2D eigenvalue weighted by Crippen LogP contribution is 2.11. The minimum absolute atomic E-state index is 0. The van der Waals surface area contributed by atoms with Crippen LogP contribution in [0.15, 0.2) is 82.7 Å². The Hall–Kier alpha value is -3.61. The number of aldehydes is 1. The van der Waals surface area contributed by atoms with Crippen molar-refractivity contribution >= 4 is 22.6 Å². The van der Waals surface area contributed by atoms with Gasteiger partial charge in [0.25, 0.3) is 10.1 Å². The standard InChI is InChI=1S/C11H15NO2.C8H8O2.C7H8O3S.C3H9NO.CH4/c1-9(8-13)12-7-10-3-5-11(14-2)6-4-10;1-10-8-4-2-7(6-9)3-5-8;1-6-2-4-7(5-3-6)11(8,9)10;1-3(4)2-5;/h3-7,9,13H,8H2,1-2H3;2-6H,1H3;2-5H,1H3,(H,8,9,10);3,5H,2,4H2,1H3;1H4. The van der Waals surface area contributed by atoms with Gasteiger partial charge in [-0.15, -0.1) is 0 Å². The maximum atomic E-state index is 10.5. The predicted molar refractivity (Wildman–Crippen MR) is 164 cm³/mol. The van der Waals surface area contributed by atoms with E-state index in [1.54, 1.807) is 63.8 Å². The quantitative estimate of drug-likeness (QED) is 0.170. The van der Waals surface area contributed by atoms with Crippen LogP contribution in [0.3, 0.4) is 0 Å². The van der Waals surface area contributed by atoms with Gasteiger partial charge in [-0.2, -0.15) is 8.42 Å². The SMILES string of the molecule is C.CC(N)CO.COc1ccc(C=NC(C)CO)cc1.COc1ccc(C=O)cc1.Cc1ccc(S(=O)(=O)O)cc1. The second-order valence-electron chi connectivity index (χ2n) is 8.42. The number of aliphatic imine (C=N–C) groups is 1. The molecular weight excluding hydrogens is 548 g/mol. The van der Waals surface area contributed by atoms with Crippen LogP contribution < -0.4 is 15.2 Å². The van der Waals surface area contributed by atoms with Crippen LogP contribution in [0, 0.1) is 6.92 Å². The van der Waals surface area contributed by atoms with Gasteiger partial charge in [0.1, 0.15) is 17.8 Å². The Morgan fingerprint density at radius 1 is 0.829 bits per heavy atom. The molecule has 0 fully saturated rings. The van der Waals surface area contributed by atoms with Gasteiger partial charge in [-0.3, -0.25) is 14.3 Å². The topological polar surface area (TPSA) is 169 Å². The zero-order valence-electron chi connectivity index (χ0n) is 23.5. The summed E-state index contributed by atoms with van der Waals surface area (Å²) in [6.07, 6.45) is 2.56. The largest absolute Gasteiger partial charge is 0.497 e. The van der Waals surface area contributed by atoms with Crippen LogP contribution in [0.2, 0.25) is 0 Å². The number of methoxy groups -OCH3 is 2. The van der Waals surface area contributed by atoms with Gasteiger partial charge in [-0.05, 0) is 87.0 Å². The fourth-order valence-electron chi connectivity index (χ4n) is 2.34. The van der Waals surface area contributed by atoms with Crippen LogP contribution in [0.1, 0.15) is 42.8 Å². The number of aryl methyl sites for hydroxylation is 1. The molecule has 0 radical (unpaired) electrons. The number of carbonyl (C=O) groups is 1. The van der Waals surface area contributed by atoms with Gasteiger partial charge in [0.2, 0.25) is 0 Å². The highest BCUT2D eigenvalue weighted by atomic mass is 32.2. The Bertz CT molecular complexity index is 1210. The molecule has 0 aliphatic heterocycles. The van der Waals surface area contributed by atoms with Crippen LogP contribution in [0.5, 0.6) is 11.5 Å². The lowest BCUT2D eigenvalue weighted by Gasteiger charge is -2.01. The number of benzene rings is 3. The third-order valence-electron chi connectivity index (χ3n) is 4.72. The first-order valence-corrected chi connectivity index (χ1v) is 13.6. The Labute approximate surface area is 244 Å². The van der Waals surface area contributed by atoms with Crippen molar-refractivity contribution in [3.63, 3.8) is 0 Å². The zero-order chi connectivity index (χ0) is 30.6. The van der Waals surface area contributed by atoms with E-state index in [1.807, 2.05) is 38.1 Å². The normalized spacial score (nSPS) is 11.5. The van der Waals surface area contributed by atoms with E-state index in [-0.39, 0.29) is 37.6 Å². The van der Waals surface area contributed by atoms with E-state index in [0.717, 1.165) is 28.9 Å². The zero-order valence-corrected chi connectivity index (χ0v) is 24.3. The molecule has 2 atom stereocenters. The van der Waals surface area contributed by atoms with Crippen molar-refractivity contribution in [1.29, 1.82) is 0 Å². The first-order valence-electron chi connectivity index (χ1n) is 12.2. The van der Waals surface area contributed by atoms with Crippen LogP contribution in [-0.2, 0) is 10.1 Å². The summed E-state index contributed by atoms with van der Waals surface area (Å²) in [7, 11) is -0.791. The summed E-state index contributed by atoms with van der Waals surface area (Å²) in [4.78, 5) is 14.3. The lowest BCUT2D eigenvalue weighted by molar-refractivity contribution is 0.112. The van der Waals surface area contributed by atoms with Gasteiger partial charge in [0.15, 0.2) is 0 Å². The van der Waals surface area contributed by atoms with E-state index in [9.17, 15) is 13.2 Å². The molecule has 5 N–H and O–H groups in total.